The number of aliphatic hydroxyl groups is 1. The zero-order valence-corrected chi connectivity index (χ0v) is 10.2. The number of hydrogen-bond donors (Lipinski definition) is 4. The third-order valence-corrected chi connectivity index (χ3v) is 2.92. The van der Waals surface area contributed by atoms with Crippen molar-refractivity contribution in [1.29, 1.82) is 0 Å². The maximum Gasteiger partial charge on any atom is 0.157 e. The third kappa shape index (κ3) is 4.63. The largest absolute Gasteiger partial charge is 0.504 e. The van der Waals surface area contributed by atoms with Crippen LogP contribution in [0.25, 0.3) is 0 Å². The van der Waals surface area contributed by atoms with Crippen LogP contribution in [0.3, 0.4) is 0 Å². The van der Waals surface area contributed by atoms with Gasteiger partial charge in [-0.1, -0.05) is 19.4 Å². The summed E-state index contributed by atoms with van der Waals surface area (Å²) in [5, 5.41) is 30.6. The van der Waals surface area contributed by atoms with E-state index in [1.54, 1.807) is 12.1 Å². The number of hydrogen-bond acceptors (Lipinski definition) is 4. The first kappa shape index (κ1) is 13.8. The second-order valence-electron chi connectivity index (χ2n) is 4.24. The minimum absolute atomic E-state index is 0.0910. The van der Waals surface area contributed by atoms with Crippen LogP contribution in [0, 0.1) is 5.92 Å². The summed E-state index contributed by atoms with van der Waals surface area (Å²) in [4.78, 5) is 0. The van der Waals surface area contributed by atoms with E-state index in [1.807, 2.05) is 0 Å². The molecule has 0 saturated heterocycles. The van der Waals surface area contributed by atoms with Crippen molar-refractivity contribution < 1.29 is 15.3 Å². The molecule has 0 heterocycles. The molecule has 4 heteroatoms. The summed E-state index contributed by atoms with van der Waals surface area (Å²) in [6.45, 7) is 3.82. The molecule has 0 aromatic heterocycles. The highest BCUT2D eigenvalue weighted by Crippen LogP contribution is 2.24. The zero-order valence-electron chi connectivity index (χ0n) is 10.2. The molecular weight excluding hydrogens is 218 g/mol. The van der Waals surface area contributed by atoms with Crippen molar-refractivity contribution in [3.8, 4) is 11.5 Å². The van der Waals surface area contributed by atoms with E-state index in [9.17, 15) is 5.11 Å². The van der Waals surface area contributed by atoms with Crippen molar-refractivity contribution in [2.75, 3.05) is 13.2 Å². The van der Waals surface area contributed by atoms with Crippen molar-refractivity contribution in [1.82, 2.24) is 5.32 Å². The van der Waals surface area contributed by atoms with Crippen LogP contribution in [0.2, 0.25) is 0 Å². The second kappa shape index (κ2) is 7.14. The van der Waals surface area contributed by atoms with Crippen LogP contribution in [-0.4, -0.2) is 28.5 Å². The normalized spacial score (nSPS) is 12.6. The number of benzene rings is 1. The highest BCUT2D eigenvalue weighted by atomic mass is 16.3. The third-order valence-electron chi connectivity index (χ3n) is 2.92. The predicted molar refractivity (Wildman–Crippen MR) is 67.0 cm³/mol. The summed E-state index contributed by atoms with van der Waals surface area (Å²) in [6, 6.07) is 4.81. The molecule has 0 aliphatic carbocycles. The lowest BCUT2D eigenvalue weighted by atomic mass is 10.0. The first-order valence-corrected chi connectivity index (χ1v) is 5.99. The molecule has 0 bridgehead atoms. The van der Waals surface area contributed by atoms with Crippen LogP contribution < -0.4 is 5.32 Å². The molecule has 96 valence electrons. The highest BCUT2D eigenvalue weighted by molar-refractivity contribution is 5.40. The molecule has 1 aromatic rings. The Kier molecular flexibility index (Phi) is 5.80. The van der Waals surface area contributed by atoms with Gasteiger partial charge in [0.15, 0.2) is 11.5 Å². The molecule has 0 aliphatic rings. The molecule has 0 radical (unpaired) electrons. The van der Waals surface area contributed by atoms with Crippen molar-refractivity contribution >= 4 is 0 Å². The summed E-state index contributed by atoms with van der Waals surface area (Å²) in [5.74, 6) is 0.290. The van der Waals surface area contributed by atoms with Crippen molar-refractivity contribution in [2.24, 2.45) is 5.92 Å². The monoisotopic (exact) mass is 239 g/mol. The van der Waals surface area contributed by atoms with E-state index in [0.717, 1.165) is 24.9 Å². The van der Waals surface area contributed by atoms with E-state index in [4.69, 9.17) is 10.2 Å². The molecule has 0 fully saturated rings. The van der Waals surface area contributed by atoms with E-state index in [1.165, 1.54) is 6.07 Å². The number of nitrogens with one attached hydrogen (secondary N) is 1. The zero-order chi connectivity index (χ0) is 12.7. The molecule has 0 spiro atoms. The van der Waals surface area contributed by atoms with Crippen LogP contribution in [0.4, 0.5) is 0 Å². The van der Waals surface area contributed by atoms with Gasteiger partial charge in [0.05, 0.1) is 0 Å². The first-order valence-electron chi connectivity index (χ1n) is 5.99. The number of aromatic hydroxyl groups is 2. The number of rotatable bonds is 7. The summed E-state index contributed by atoms with van der Waals surface area (Å²) in [6.07, 6.45) is 1.85. The van der Waals surface area contributed by atoms with E-state index in [2.05, 4.69) is 12.2 Å². The van der Waals surface area contributed by atoms with Crippen molar-refractivity contribution in [2.45, 2.75) is 26.3 Å². The lowest BCUT2D eigenvalue weighted by Crippen LogP contribution is -2.22. The Labute approximate surface area is 102 Å². The van der Waals surface area contributed by atoms with E-state index in [-0.39, 0.29) is 18.1 Å². The lowest BCUT2D eigenvalue weighted by Gasteiger charge is -2.14. The fraction of sp³-hybridized carbons (Fsp3) is 0.538. The summed E-state index contributed by atoms with van der Waals surface area (Å²) in [5.41, 5.74) is 0.930. The average Bonchev–Trinajstić information content (AvgIpc) is 2.32. The Balaban J connectivity index is 2.37. The van der Waals surface area contributed by atoms with Crippen LogP contribution in [0.1, 0.15) is 25.3 Å². The van der Waals surface area contributed by atoms with Gasteiger partial charge in [-0.2, -0.15) is 0 Å². The molecule has 4 nitrogen and oxygen atoms in total. The molecule has 1 rings (SSSR count). The maximum atomic E-state index is 9.33. The van der Waals surface area contributed by atoms with Gasteiger partial charge in [-0.25, -0.2) is 0 Å². The SMILES string of the molecule is CCC(CCO)CNCc1ccc(O)c(O)c1. The Morgan fingerprint density at radius 3 is 2.59 bits per heavy atom. The van der Waals surface area contributed by atoms with Crippen molar-refractivity contribution in [3.63, 3.8) is 0 Å². The Morgan fingerprint density at radius 2 is 2.00 bits per heavy atom. The van der Waals surface area contributed by atoms with Gasteiger partial charge >= 0.3 is 0 Å². The fourth-order valence-corrected chi connectivity index (χ4v) is 1.73. The van der Waals surface area contributed by atoms with E-state index < -0.39 is 0 Å². The first-order chi connectivity index (χ1) is 8.17. The standard InChI is InChI=1S/C13H21NO3/c1-2-10(5-6-15)8-14-9-11-3-4-12(16)13(17)7-11/h3-4,7,10,14-17H,2,5-6,8-9H2,1H3. The Morgan fingerprint density at radius 1 is 1.24 bits per heavy atom. The van der Waals surface area contributed by atoms with Gasteiger partial charge in [0, 0.05) is 13.2 Å². The van der Waals surface area contributed by atoms with Gasteiger partial charge in [-0.05, 0) is 36.6 Å². The minimum Gasteiger partial charge on any atom is -0.504 e. The van der Waals surface area contributed by atoms with Crippen LogP contribution in [0.5, 0.6) is 11.5 Å². The Bertz CT molecular complexity index is 341. The second-order valence-corrected chi connectivity index (χ2v) is 4.24. The van der Waals surface area contributed by atoms with Crippen LogP contribution in [-0.2, 0) is 6.54 Å². The quantitative estimate of drug-likeness (QED) is 0.545. The topological polar surface area (TPSA) is 72.7 Å². The van der Waals surface area contributed by atoms with Crippen LogP contribution >= 0.6 is 0 Å². The molecule has 0 amide bonds. The molecule has 4 N–H and O–H groups in total. The number of aliphatic hydroxyl groups excluding tert-OH is 1. The molecule has 0 saturated carbocycles. The van der Waals surface area contributed by atoms with Gasteiger partial charge in [-0.3, -0.25) is 0 Å². The van der Waals surface area contributed by atoms with Crippen molar-refractivity contribution in [3.05, 3.63) is 23.8 Å². The van der Waals surface area contributed by atoms with Gasteiger partial charge in [0.2, 0.25) is 0 Å². The fourth-order valence-electron chi connectivity index (χ4n) is 1.73. The molecule has 0 aliphatic heterocycles. The lowest BCUT2D eigenvalue weighted by molar-refractivity contribution is 0.251. The molecule has 1 unspecified atom stereocenters. The summed E-state index contributed by atoms with van der Waals surface area (Å²) >= 11 is 0. The highest BCUT2D eigenvalue weighted by Gasteiger charge is 2.05. The van der Waals surface area contributed by atoms with E-state index in [0.29, 0.717) is 12.5 Å². The average molecular weight is 239 g/mol. The van der Waals surface area contributed by atoms with Gasteiger partial charge in [-0.15, -0.1) is 0 Å². The van der Waals surface area contributed by atoms with Crippen LogP contribution in [0.15, 0.2) is 18.2 Å². The molecule has 1 atom stereocenters. The Hall–Kier alpha value is -1.26. The molecule has 17 heavy (non-hydrogen) atoms. The minimum atomic E-state index is -0.0968. The number of phenolic OH excluding ortho intramolecular Hbond substituents is 2. The molecule has 1 aromatic carbocycles. The van der Waals surface area contributed by atoms with E-state index >= 15 is 0 Å². The maximum absolute atomic E-state index is 9.33. The molecular formula is C13H21NO3. The smallest absolute Gasteiger partial charge is 0.157 e. The predicted octanol–water partition coefficient (Wildman–Crippen LogP) is 1.60. The number of phenols is 2. The van der Waals surface area contributed by atoms with Gasteiger partial charge in [0.25, 0.3) is 0 Å². The summed E-state index contributed by atoms with van der Waals surface area (Å²) in [7, 11) is 0. The van der Waals surface area contributed by atoms with Gasteiger partial charge in [0.1, 0.15) is 0 Å². The van der Waals surface area contributed by atoms with Gasteiger partial charge < -0.3 is 20.6 Å². The summed E-state index contributed by atoms with van der Waals surface area (Å²) < 4.78 is 0.